The maximum atomic E-state index is 14.1. The molecule has 0 radical (unpaired) electrons. The van der Waals surface area contributed by atoms with E-state index in [1.807, 2.05) is 18.2 Å². The number of alkyl halides is 2. The molecule has 47 heavy (non-hydrogen) atoms. The summed E-state index contributed by atoms with van der Waals surface area (Å²) in [6, 6.07) is 5.44. The van der Waals surface area contributed by atoms with Crippen LogP contribution in [0.5, 0.6) is 0 Å². The normalized spacial score (nSPS) is 19.8. The number of rotatable bonds is 8. The summed E-state index contributed by atoms with van der Waals surface area (Å²) in [5, 5.41) is 13.5. The van der Waals surface area contributed by atoms with Gasteiger partial charge in [-0.25, -0.2) is 18.3 Å². The fourth-order valence-corrected chi connectivity index (χ4v) is 6.46. The molecule has 1 atom stereocenters. The van der Waals surface area contributed by atoms with Crippen molar-refractivity contribution in [1.82, 2.24) is 39.6 Å². The van der Waals surface area contributed by atoms with Crippen LogP contribution in [0.4, 0.5) is 20.3 Å². The Labute approximate surface area is 268 Å². The lowest BCUT2D eigenvalue weighted by molar-refractivity contribution is -0.134. The molecule has 4 aromatic heterocycles. The van der Waals surface area contributed by atoms with Crippen LogP contribution in [0.3, 0.4) is 0 Å². The number of anilines is 2. The van der Waals surface area contributed by atoms with Gasteiger partial charge in [-0.05, 0) is 37.0 Å². The van der Waals surface area contributed by atoms with Gasteiger partial charge >= 0.3 is 0 Å². The molecule has 14 nitrogen and oxygen atoms in total. The number of amides is 3. The first kappa shape index (κ1) is 30.8. The van der Waals surface area contributed by atoms with Crippen LogP contribution in [0, 0.1) is 0 Å². The summed E-state index contributed by atoms with van der Waals surface area (Å²) >= 11 is 0. The molecule has 1 unspecified atom stereocenters. The van der Waals surface area contributed by atoms with Crippen molar-refractivity contribution < 1.29 is 27.9 Å². The fraction of sp³-hybridized carbons (Fsp3) is 0.452. The van der Waals surface area contributed by atoms with Crippen molar-refractivity contribution in [3.8, 4) is 0 Å². The number of carbonyl (C=O) groups is 3. The molecule has 3 saturated heterocycles. The molecule has 4 aromatic rings. The molecule has 3 aliphatic rings. The summed E-state index contributed by atoms with van der Waals surface area (Å²) < 4.78 is 36.7. The van der Waals surface area contributed by atoms with Crippen LogP contribution in [-0.4, -0.2) is 91.4 Å². The number of morpholine rings is 1. The van der Waals surface area contributed by atoms with Gasteiger partial charge < -0.3 is 15.0 Å². The van der Waals surface area contributed by atoms with Gasteiger partial charge in [0.05, 0.1) is 42.8 Å². The van der Waals surface area contributed by atoms with Gasteiger partial charge in [-0.3, -0.25) is 34.3 Å². The number of nitrogens with zero attached hydrogens (tertiary/aromatic N) is 8. The van der Waals surface area contributed by atoms with E-state index in [0.717, 1.165) is 5.56 Å². The predicted molar refractivity (Wildman–Crippen MR) is 164 cm³/mol. The van der Waals surface area contributed by atoms with E-state index in [1.54, 1.807) is 12.4 Å². The van der Waals surface area contributed by atoms with Gasteiger partial charge in [0.25, 0.3) is 12.3 Å². The molecule has 16 heteroatoms. The monoisotopic (exact) mass is 648 g/mol. The van der Waals surface area contributed by atoms with Crippen LogP contribution < -0.4 is 15.5 Å². The summed E-state index contributed by atoms with van der Waals surface area (Å²) in [4.78, 5) is 50.9. The number of carbonyl (C=O) groups excluding carboxylic acids is 3. The molecular formula is C31H34F2N10O4. The lowest BCUT2D eigenvalue weighted by Crippen LogP contribution is -2.40. The lowest BCUT2D eigenvalue weighted by Gasteiger charge is -2.33. The molecule has 2 N–H and O–H groups in total. The average molecular weight is 649 g/mol. The van der Waals surface area contributed by atoms with E-state index in [2.05, 4.69) is 40.6 Å². The van der Waals surface area contributed by atoms with E-state index in [-0.39, 0.29) is 35.5 Å². The summed E-state index contributed by atoms with van der Waals surface area (Å²) in [5.41, 5.74) is 1.52. The second-order valence-corrected chi connectivity index (χ2v) is 11.9. The third kappa shape index (κ3) is 6.42. The number of fused-ring (bicyclic) bond motifs is 1. The van der Waals surface area contributed by atoms with Crippen molar-refractivity contribution >= 4 is 34.9 Å². The molecule has 0 bridgehead atoms. The minimum Gasteiger partial charge on any atom is -0.378 e. The van der Waals surface area contributed by atoms with Crippen LogP contribution in [0.15, 0.2) is 43.0 Å². The minimum atomic E-state index is -2.89. The van der Waals surface area contributed by atoms with E-state index in [4.69, 9.17) is 4.74 Å². The Balaban J connectivity index is 1.02. The number of hydrogen-bond donors (Lipinski definition) is 2. The fourth-order valence-electron chi connectivity index (χ4n) is 6.46. The first-order valence-corrected chi connectivity index (χ1v) is 15.7. The Kier molecular flexibility index (Phi) is 8.60. The van der Waals surface area contributed by atoms with Crippen molar-refractivity contribution in [2.75, 3.05) is 49.6 Å². The number of aromatic nitrogens is 6. The number of imide groups is 1. The Morgan fingerprint density at radius 2 is 1.91 bits per heavy atom. The largest absolute Gasteiger partial charge is 0.378 e. The van der Waals surface area contributed by atoms with Crippen molar-refractivity contribution in [1.29, 1.82) is 0 Å². The van der Waals surface area contributed by atoms with E-state index < -0.39 is 23.9 Å². The van der Waals surface area contributed by atoms with Crippen molar-refractivity contribution in [2.24, 2.45) is 0 Å². The first-order chi connectivity index (χ1) is 22.8. The highest BCUT2D eigenvalue weighted by atomic mass is 19.3. The number of ether oxygens (including phenoxy) is 1. The number of hydrogen-bond acceptors (Lipinski definition) is 10. The molecule has 7 rings (SSSR count). The van der Waals surface area contributed by atoms with E-state index >= 15 is 0 Å². The van der Waals surface area contributed by atoms with Gasteiger partial charge in [0.15, 0.2) is 11.3 Å². The quantitative estimate of drug-likeness (QED) is 0.273. The number of nitrogens with one attached hydrogen (secondary N) is 2. The predicted octanol–water partition coefficient (Wildman–Crippen LogP) is 2.70. The molecule has 0 spiro atoms. The van der Waals surface area contributed by atoms with Gasteiger partial charge in [-0.15, -0.1) is 0 Å². The highest BCUT2D eigenvalue weighted by Gasteiger charge is 2.32. The zero-order valence-electron chi connectivity index (χ0n) is 25.5. The molecular weight excluding hydrogens is 614 g/mol. The summed E-state index contributed by atoms with van der Waals surface area (Å²) in [7, 11) is 0. The third-order valence-corrected chi connectivity index (χ3v) is 8.97. The Morgan fingerprint density at radius 3 is 2.68 bits per heavy atom. The van der Waals surface area contributed by atoms with Gasteiger partial charge in [0, 0.05) is 57.7 Å². The second-order valence-electron chi connectivity index (χ2n) is 11.9. The van der Waals surface area contributed by atoms with Crippen LogP contribution >= 0.6 is 0 Å². The number of halogens is 2. The van der Waals surface area contributed by atoms with Crippen molar-refractivity contribution in [3.63, 3.8) is 0 Å². The van der Waals surface area contributed by atoms with Gasteiger partial charge in [-0.1, -0.05) is 6.07 Å². The van der Waals surface area contributed by atoms with E-state index in [9.17, 15) is 23.2 Å². The molecule has 3 fully saturated rings. The summed E-state index contributed by atoms with van der Waals surface area (Å²) in [6.07, 6.45) is 5.31. The summed E-state index contributed by atoms with van der Waals surface area (Å²) in [6.45, 7) is 4.39. The molecule has 246 valence electrons. The zero-order valence-corrected chi connectivity index (χ0v) is 25.5. The molecule has 0 aromatic carbocycles. The highest BCUT2D eigenvalue weighted by Crippen LogP contribution is 2.32. The topological polar surface area (TPSA) is 152 Å². The first-order valence-electron chi connectivity index (χ1n) is 15.7. The maximum absolute atomic E-state index is 14.1. The van der Waals surface area contributed by atoms with Crippen LogP contribution in [0.25, 0.3) is 5.65 Å². The van der Waals surface area contributed by atoms with Gasteiger partial charge in [-0.2, -0.15) is 10.2 Å². The second kappa shape index (κ2) is 13.1. The molecule has 0 saturated carbocycles. The van der Waals surface area contributed by atoms with Crippen LogP contribution in [0.2, 0.25) is 0 Å². The van der Waals surface area contributed by atoms with Crippen molar-refractivity contribution in [3.05, 3.63) is 65.5 Å². The Morgan fingerprint density at radius 1 is 1.11 bits per heavy atom. The summed E-state index contributed by atoms with van der Waals surface area (Å²) in [5.74, 6) is -1.00. The molecule has 0 aliphatic carbocycles. The average Bonchev–Trinajstić information content (AvgIpc) is 3.70. The SMILES string of the molecule is O=C1CCC(c2ncccc2CN2CCC(n3cc(NC(=O)c4cnn5ccc(N6CCOCC6)nc45)c(C(F)F)n3)CC2)C(=O)N1. The number of likely N-dealkylation sites (tertiary alicyclic amines) is 1. The minimum absolute atomic E-state index is 0.0552. The van der Waals surface area contributed by atoms with Crippen LogP contribution in [-0.2, 0) is 20.9 Å². The third-order valence-electron chi connectivity index (χ3n) is 8.97. The Hall–Kier alpha value is -4.83. The van der Waals surface area contributed by atoms with Crippen molar-refractivity contribution in [2.45, 2.75) is 50.6 Å². The number of pyridine rings is 1. The van der Waals surface area contributed by atoms with Crippen LogP contribution in [0.1, 0.15) is 71.4 Å². The number of piperidine rings is 2. The highest BCUT2D eigenvalue weighted by molar-refractivity contribution is 6.08. The van der Waals surface area contributed by atoms with E-state index in [1.165, 1.54) is 21.6 Å². The standard InChI is InChI=1S/C31H34F2N10O4/c32-28(33)27-23(36-31(46)22-16-35-42-11-7-24(37-29(22)42)41-12-14-47-15-13-41)18-43(39-27)20-5-9-40(10-6-20)17-19-2-1-8-34-26(19)21-3-4-25(44)38-30(21)45/h1-2,7-8,11,16,18,20-21,28H,3-6,9-10,12-15,17H2,(H,36,46)(H,38,44,45). The van der Waals surface area contributed by atoms with E-state index in [0.29, 0.717) is 82.4 Å². The smallest absolute Gasteiger partial charge is 0.284 e. The maximum Gasteiger partial charge on any atom is 0.284 e. The van der Waals surface area contributed by atoms with Gasteiger partial charge in [0.2, 0.25) is 11.8 Å². The molecule has 7 heterocycles. The lowest BCUT2D eigenvalue weighted by atomic mass is 9.91. The molecule has 3 amide bonds. The molecule has 3 aliphatic heterocycles. The Bertz CT molecular complexity index is 1800. The van der Waals surface area contributed by atoms with Gasteiger partial charge in [0.1, 0.15) is 11.4 Å². The zero-order chi connectivity index (χ0) is 32.5.